The molecule has 0 nitrogen and oxygen atoms in total. The van der Waals surface area contributed by atoms with E-state index >= 15 is 0 Å². The molecule has 4 heteroatoms. The molecule has 0 aromatic heterocycles. The molecular formula is C80H90Hf2Si2-10. The van der Waals surface area contributed by atoms with Crippen molar-refractivity contribution < 1.29 is 51.7 Å². The Kier molecular flexibility index (Phi) is 40.2. The van der Waals surface area contributed by atoms with Crippen LogP contribution in [-0.2, 0) is 77.4 Å². The Labute approximate surface area is 555 Å². The fourth-order valence-electron chi connectivity index (χ4n) is 9.84. The van der Waals surface area contributed by atoms with Crippen molar-refractivity contribution in [2.75, 3.05) is 0 Å². The molecule has 0 saturated heterocycles. The van der Waals surface area contributed by atoms with Gasteiger partial charge in [0.2, 0.25) is 0 Å². The molecule has 0 aliphatic rings. The maximum absolute atomic E-state index is 3.70. The second kappa shape index (κ2) is 43.1. The normalized spacial score (nSPS) is 9.60. The van der Waals surface area contributed by atoms with Crippen LogP contribution in [0.1, 0.15) is 75.6 Å². The van der Waals surface area contributed by atoms with Gasteiger partial charge in [-0.1, -0.05) is 221 Å². The minimum atomic E-state index is 0. The van der Waals surface area contributed by atoms with Gasteiger partial charge in [-0.3, -0.25) is 0 Å². The van der Waals surface area contributed by atoms with Crippen LogP contribution in [0.25, 0.3) is 87.6 Å². The van der Waals surface area contributed by atoms with E-state index in [1.807, 2.05) is 0 Å². The number of benzene rings is 8. The van der Waals surface area contributed by atoms with Crippen LogP contribution in [0.5, 0.6) is 0 Å². The maximum atomic E-state index is 3.70. The molecule has 84 heavy (non-hydrogen) atoms. The molecule has 0 N–H and O–H groups in total. The molecule has 12 rings (SSSR count). The van der Waals surface area contributed by atoms with E-state index in [9.17, 15) is 0 Å². The van der Waals surface area contributed by atoms with Gasteiger partial charge in [0, 0.05) is 72.2 Å². The smallest absolute Gasteiger partial charge is 0.0184 e. The molecular weight excluding hydrogens is 1370 g/mol. The summed E-state index contributed by atoms with van der Waals surface area (Å²) >= 11 is 0. The van der Waals surface area contributed by atoms with Gasteiger partial charge < -0.3 is 43.6 Å². The zero-order valence-corrected chi connectivity index (χ0v) is 61.4. The summed E-state index contributed by atoms with van der Waals surface area (Å²) in [5.74, 6) is 0. The zero-order chi connectivity index (χ0) is 55.5. The largest absolute Gasteiger partial charge is 0.358 e. The molecule has 0 atom stereocenters. The van der Waals surface area contributed by atoms with Gasteiger partial charge in [0.15, 0.2) is 0 Å². The summed E-state index contributed by atoms with van der Waals surface area (Å²) in [6.45, 7) is 19.8. The molecule has 0 saturated carbocycles. The standard InChI is InChI=1S/4C17H15.C6H12.2CH3Si.4CH3.2Hf/c4*1-2-13-11-15-9-6-10-16(17(15)12-13)14-7-4-3-5-8-14;1-3-5-6-4-2;2*1-2;;;;;;/h4*3-12H,2H2,1H3;1-6H2;2*1H3;4*1H3;;/q4*-1;-2;;;4*-1;;. The molecule has 12 aromatic rings. The molecule has 6 radical (unpaired) electrons. The van der Waals surface area contributed by atoms with Gasteiger partial charge >= 0.3 is 0 Å². The van der Waals surface area contributed by atoms with Crippen LogP contribution in [0.3, 0.4) is 0 Å². The van der Waals surface area contributed by atoms with Crippen molar-refractivity contribution in [2.45, 2.75) is 92.2 Å². The Morgan fingerprint density at radius 1 is 0.286 bits per heavy atom. The minimum absolute atomic E-state index is 0. The Morgan fingerprint density at radius 3 is 0.643 bits per heavy atom. The minimum Gasteiger partial charge on any atom is -0.358 e. The van der Waals surface area contributed by atoms with Gasteiger partial charge in [0.05, 0.1) is 0 Å². The molecule has 0 aliphatic heterocycles. The third-order valence-corrected chi connectivity index (χ3v) is 14.0. The van der Waals surface area contributed by atoms with Crippen LogP contribution in [-0.4, -0.2) is 20.5 Å². The van der Waals surface area contributed by atoms with Crippen molar-refractivity contribution in [3.8, 4) is 44.5 Å². The van der Waals surface area contributed by atoms with Gasteiger partial charge in [-0.15, -0.1) is 138 Å². The number of rotatable bonds is 11. The molecule has 0 heterocycles. The Balaban J connectivity index is 0.00000101. The number of hydrogen-bond acceptors (Lipinski definition) is 0. The summed E-state index contributed by atoms with van der Waals surface area (Å²) in [5, 5.41) is 10.9. The Bertz CT molecular complexity index is 3090. The monoisotopic (exact) mass is 1470 g/mol. The first-order valence-corrected chi connectivity index (χ1v) is 30.0. The van der Waals surface area contributed by atoms with Crippen molar-refractivity contribution in [1.29, 1.82) is 0 Å². The topological polar surface area (TPSA) is 0 Å². The van der Waals surface area contributed by atoms with Crippen LogP contribution in [0, 0.1) is 43.6 Å². The summed E-state index contributed by atoms with van der Waals surface area (Å²) in [4.78, 5) is 0. The molecule has 12 aromatic carbocycles. The predicted octanol–water partition coefficient (Wildman–Crippen LogP) is 23.6. The van der Waals surface area contributed by atoms with Crippen LogP contribution < -0.4 is 0 Å². The number of unbranched alkanes of at least 4 members (excludes halogenated alkanes) is 3. The van der Waals surface area contributed by atoms with E-state index < -0.39 is 0 Å². The van der Waals surface area contributed by atoms with Crippen LogP contribution in [0.15, 0.2) is 243 Å². The van der Waals surface area contributed by atoms with Crippen LogP contribution in [0.4, 0.5) is 0 Å². The molecule has 0 amide bonds. The second-order valence-electron chi connectivity index (χ2n) is 19.0. The summed E-state index contributed by atoms with van der Waals surface area (Å²) in [7, 11) is 5.94. The van der Waals surface area contributed by atoms with Gasteiger partial charge in [-0.25, -0.2) is 0 Å². The number of hydrogen-bond donors (Lipinski definition) is 0. The average Bonchev–Trinajstić information content (AvgIpc) is 4.37. The Hall–Kier alpha value is -5.63. The number of fused-ring (bicyclic) bond motifs is 4. The van der Waals surface area contributed by atoms with E-state index in [-0.39, 0.29) is 81.4 Å². The SMILES string of the molecule is CCc1cc2c(-c3ccccc3)cccc2[cH-]1.CCc1cc2c(-c3ccccc3)cccc2[cH-]1.CCc1cc2c(-c3ccccc3)cccc2[cH-]1.CCc1cc2c(-c3ccccc3)cccc2[cH-]1.C[Si].C[Si].[CH2-]CCCC[CH2-].[CH3-].[CH3-].[CH3-].[CH3-].[Hf].[Hf]. The summed E-state index contributed by atoms with van der Waals surface area (Å²) in [5.41, 5.74) is 16.2. The van der Waals surface area contributed by atoms with Crippen molar-refractivity contribution in [3.63, 3.8) is 0 Å². The maximum Gasteiger partial charge on any atom is 0.0184 e. The molecule has 0 fully saturated rings. The second-order valence-corrected chi connectivity index (χ2v) is 19.0. The molecule has 0 unspecified atom stereocenters. The summed E-state index contributed by atoms with van der Waals surface area (Å²) in [6.07, 6.45) is 9.01. The quantitative estimate of drug-likeness (QED) is 0.0688. The predicted molar refractivity (Wildman–Crippen MR) is 375 cm³/mol. The van der Waals surface area contributed by atoms with Crippen molar-refractivity contribution in [2.24, 2.45) is 0 Å². The van der Waals surface area contributed by atoms with E-state index in [1.54, 1.807) is 13.1 Å². The first-order chi connectivity index (χ1) is 38.4. The van der Waals surface area contributed by atoms with Gasteiger partial charge in [-0.05, 0) is 47.9 Å². The van der Waals surface area contributed by atoms with E-state index in [0.29, 0.717) is 0 Å². The third-order valence-electron chi connectivity index (χ3n) is 14.0. The first-order valence-electron chi connectivity index (χ1n) is 28.0. The van der Waals surface area contributed by atoms with Crippen LogP contribution in [0.2, 0.25) is 13.1 Å². The molecule has 436 valence electrons. The van der Waals surface area contributed by atoms with Gasteiger partial charge in [0.25, 0.3) is 0 Å². The number of aryl methyl sites for hydroxylation is 4. The van der Waals surface area contributed by atoms with Crippen molar-refractivity contribution >= 4 is 63.6 Å². The Morgan fingerprint density at radius 2 is 0.476 bits per heavy atom. The molecule has 0 aliphatic carbocycles. The first kappa shape index (κ1) is 78.4. The molecule has 0 bridgehead atoms. The average molecular weight is 1460 g/mol. The van der Waals surface area contributed by atoms with E-state index in [1.165, 1.54) is 123 Å². The molecule has 0 spiro atoms. The third kappa shape index (κ3) is 21.7. The fraction of sp³-hybridized carbons (Fsp3) is 0.175. The van der Waals surface area contributed by atoms with E-state index in [2.05, 4.69) is 305 Å². The van der Waals surface area contributed by atoms with Gasteiger partial charge in [-0.2, -0.15) is 37.1 Å². The van der Waals surface area contributed by atoms with Crippen molar-refractivity contribution in [1.82, 2.24) is 0 Å². The van der Waals surface area contributed by atoms with Crippen molar-refractivity contribution in [3.05, 3.63) is 308 Å². The fourth-order valence-corrected chi connectivity index (χ4v) is 9.84. The van der Waals surface area contributed by atoms with E-state index in [0.717, 1.165) is 38.5 Å². The zero-order valence-electron chi connectivity index (χ0n) is 52.2. The van der Waals surface area contributed by atoms with E-state index in [4.69, 9.17) is 0 Å². The summed E-state index contributed by atoms with van der Waals surface area (Å²) in [6, 6.07) is 87.0. The van der Waals surface area contributed by atoms with Crippen LogP contribution >= 0.6 is 0 Å². The summed E-state index contributed by atoms with van der Waals surface area (Å²) < 4.78 is 0. The van der Waals surface area contributed by atoms with Gasteiger partial charge in [0.1, 0.15) is 0 Å².